The van der Waals surface area contributed by atoms with E-state index in [9.17, 15) is 20.1 Å². The third-order valence-corrected chi connectivity index (χ3v) is 26.0. The van der Waals surface area contributed by atoms with Crippen LogP contribution in [0.25, 0.3) is 0 Å². The van der Waals surface area contributed by atoms with Gasteiger partial charge in [-0.05, 0) is 208 Å². The van der Waals surface area contributed by atoms with Gasteiger partial charge in [0.2, 0.25) is 0 Å². The molecule has 0 radical (unpaired) electrons. The second kappa shape index (κ2) is 15.0. The third-order valence-electron chi connectivity index (χ3n) is 26.0. The van der Waals surface area contributed by atoms with E-state index < -0.39 is 21.7 Å². The summed E-state index contributed by atoms with van der Waals surface area (Å²) in [6.07, 6.45) is 18.3. The maximum Gasteiger partial charge on any atom is 0.320 e. The fraction of sp³-hybridized carbons (Fsp3) is 0.774. The Labute approximate surface area is 415 Å². The summed E-state index contributed by atoms with van der Waals surface area (Å²) in [4.78, 5) is 58.6. The van der Waals surface area contributed by atoms with Crippen molar-refractivity contribution < 1.29 is 23.9 Å². The summed E-state index contributed by atoms with van der Waals surface area (Å²) in [7, 11) is 0. The molecule has 0 aromatic carbocycles. The number of fused-ring (bicyclic) bond motifs is 14. The van der Waals surface area contributed by atoms with E-state index in [1.165, 1.54) is 0 Å². The lowest BCUT2D eigenvalue weighted by molar-refractivity contribution is -0.229. The van der Waals surface area contributed by atoms with Crippen molar-refractivity contribution in [3.8, 4) is 12.1 Å². The van der Waals surface area contributed by atoms with Gasteiger partial charge in [-0.15, -0.1) is 0 Å². The molecule has 372 valence electrons. The predicted molar refractivity (Wildman–Crippen MR) is 268 cm³/mol. The van der Waals surface area contributed by atoms with Crippen molar-refractivity contribution >= 4 is 23.5 Å². The number of ketones is 2. The number of nitriles is 2. The van der Waals surface area contributed by atoms with Crippen molar-refractivity contribution in [3.63, 3.8) is 0 Å². The van der Waals surface area contributed by atoms with Crippen molar-refractivity contribution in [3.05, 3.63) is 47.6 Å². The van der Waals surface area contributed by atoms with Gasteiger partial charge in [0.1, 0.15) is 12.1 Å². The topological polar surface area (TPSA) is 125 Å². The van der Waals surface area contributed by atoms with Crippen LogP contribution < -0.4 is 0 Å². The molecule has 7 nitrogen and oxygen atoms in total. The summed E-state index contributed by atoms with van der Waals surface area (Å²) < 4.78 is 6.69. The summed E-state index contributed by atoms with van der Waals surface area (Å²) in [5.41, 5.74) is -0.738. The van der Waals surface area contributed by atoms with E-state index in [-0.39, 0.29) is 103 Å². The van der Waals surface area contributed by atoms with Gasteiger partial charge in [-0.2, -0.15) is 10.5 Å². The van der Waals surface area contributed by atoms with Gasteiger partial charge in [0.25, 0.3) is 0 Å². The number of hydrogen-bond acceptors (Lipinski definition) is 7. The molecule has 10 rings (SSSR count). The molecule has 0 spiro atoms. The minimum absolute atomic E-state index is 0.0160. The Morgan fingerprint density at radius 2 is 0.870 bits per heavy atom. The average Bonchev–Trinajstić information content (AvgIpc) is 3.88. The van der Waals surface area contributed by atoms with Crippen molar-refractivity contribution in [2.24, 2.45) is 113 Å². The summed E-state index contributed by atoms with van der Waals surface area (Å²) in [5.74, 6) is 1.21. The van der Waals surface area contributed by atoms with Crippen LogP contribution in [-0.2, 0) is 23.9 Å². The fourth-order valence-electron chi connectivity index (χ4n) is 22.5. The predicted octanol–water partition coefficient (Wildman–Crippen LogP) is 13.8. The minimum atomic E-state index is -0.757. The SMILES string of the molecule is C=C(C)[C@@H]1CC[C@]2(C(=O)OC(=O)[C@]34CC[C@@H](C(=C)C)[C@@H]3[C@H]3CC[C@@H]5[C@@]6(C)C=C(C#N)C(=O)C(C)(C)[C@@H]6CC[C@@]5(C)[C@]3(C)CC4)CC[C@]3(C)[C@H](CCC4[C@@]5(C)C=C(C#N)C(=O)C(C)(C)[C@@H]5CC[C@]43C)[C@@H]12. The number of nitrogens with zero attached hydrogens (tertiary/aromatic N) is 2. The van der Waals surface area contributed by atoms with Gasteiger partial charge in [-0.25, -0.2) is 0 Å². The van der Waals surface area contributed by atoms with Gasteiger partial charge in [-0.3, -0.25) is 19.2 Å². The molecule has 18 atom stereocenters. The van der Waals surface area contributed by atoms with Gasteiger partial charge >= 0.3 is 11.9 Å². The van der Waals surface area contributed by atoms with Crippen LogP contribution in [0.4, 0.5) is 0 Å². The lowest BCUT2D eigenvalue weighted by atomic mass is 9.32. The first-order chi connectivity index (χ1) is 32.1. The molecule has 0 saturated heterocycles. The highest BCUT2D eigenvalue weighted by atomic mass is 16.6. The maximum atomic E-state index is 15.6. The zero-order valence-electron chi connectivity index (χ0n) is 44.6. The summed E-state index contributed by atoms with van der Waals surface area (Å²) in [5, 5.41) is 20.5. The smallest absolute Gasteiger partial charge is 0.320 e. The van der Waals surface area contributed by atoms with E-state index in [0.717, 1.165) is 88.2 Å². The van der Waals surface area contributed by atoms with E-state index >= 15 is 9.59 Å². The lowest BCUT2D eigenvalue weighted by Gasteiger charge is -2.71. The van der Waals surface area contributed by atoms with Gasteiger partial charge in [0, 0.05) is 10.8 Å². The zero-order valence-corrected chi connectivity index (χ0v) is 44.6. The van der Waals surface area contributed by atoms with Crippen LogP contribution in [0.3, 0.4) is 0 Å². The van der Waals surface area contributed by atoms with E-state index in [4.69, 9.17) is 4.74 Å². The fourth-order valence-corrected chi connectivity index (χ4v) is 22.5. The first kappa shape index (κ1) is 49.0. The molecule has 0 heterocycles. The van der Waals surface area contributed by atoms with Crippen LogP contribution in [0.2, 0.25) is 0 Å². The van der Waals surface area contributed by atoms with Crippen molar-refractivity contribution in [2.45, 2.75) is 186 Å². The molecule has 10 aliphatic carbocycles. The lowest BCUT2D eigenvalue weighted by Crippen LogP contribution is -2.67. The van der Waals surface area contributed by atoms with Crippen molar-refractivity contribution in [1.29, 1.82) is 10.5 Å². The Hall–Kier alpha value is -3.58. The molecular formula is C62H84N2O5. The van der Waals surface area contributed by atoms with Crippen molar-refractivity contribution in [2.75, 3.05) is 0 Å². The molecule has 8 saturated carbocycles. The first-order valence-corrected chi connectivity index (χ1v) is 27.5. The molecule has 0 aromatic rings. The summed E-state index contributed by atoms with van der Waals surface area (Å²) in [6, 6.07) is 4.62. The van der Waals surface area contributed by atoms with Gasteiger partial charge < -0.3 is 4.74 Å². The summed E-state index contributed by atoms with van der Waals surface area (Å²) >= 11 is 0. The molecular weight excluding hydrogens is 853 g/mol. The number of allylic oxidation sites excluding steroid dienone is 6. The van der Waals surface area contributed by atoms with E-state index in [1.807, 2.05) is 0 Å². The Bertz CT molecular complexity index is 2340. The van der Waals surface area contributed by atoms with Crippen LogP contribution in [0.1, 0.15) is 186 Å². The zero-order chi connectivity index (χ0) is 50.2. The highest BCUT2D eigenvalue weighted by Crippen LogP contribution is 2.79. The Morgan fingerprint density at radius 1 is 0.507 bits per heavy atom. The van der Waals surface area contributed by atoms with E-state index in [1.54, 1.807) is 0 Å². The minimum Gasteiger partial charge on any atom is -0.392 e. The summed E-state index contributed by atoms with van der Waals surface area (Å²) in [6.45, 7) is 36.5. The van der Waals surface area contributed by atoms with Crippen LogP contribution >= 0.6 is 0 Å². The third kappa shape index (κ3) is 5.78. The Balaban J connectivity index is 0.963. The second-order valence-corrected chi connectivity index (χ2v) is 28.5. The Kier molecular flexibility index (Phi) is 10.7. The highest BCUT2D eigenvalue weighted by molar-refractivity contribution is 6.04. The molecule has 0 bridgehead atoms. The van der Waals surface area contributed by atoms with Crippen molar-refractivity contribution in [1.82, 2.24) is 0 Å². The van der Waals surface area contributed by atoms with Gasteiger partial charge in [0.05, 0.1) is 22.0 Å². The van der Waals surface area contributed by atoms with Crippen LogP contribution in [0.15, 0.2) is 47.6 Å². The van der Waals surface area contributed by atoms with Crippen LogP contribution in [0, 0.1) is 136 Å². The number of ether oxygens (including phenoxy) is 1. The Morgan fingerprint density at radius 3 is 1.20 bits per heavy atom. The van der Waals surface area contributed by atoms with E-state index in [2.05, 4.69) is 121 Å². The maximum absolute atomic E-state index is 15.6. The molecule has 69 heavy (non-hydrogen) atoms. The average molecular weight is 937 g/mol. The standard InChI is InChI=1S/C62H84N2O5/c1-35(2)39-19-25-61(29-27-57(11)41(47(39)61)15-17-45-55(9)31-37(33-63)49(65)53(5,6)43(55)21-23-59(45,57)13)51(67)69-52(68)62-26-20-40(36(3)4)48(62)42-16-18-46-56(10)32-38(34-64)50(66)54(7,8)44(56)22-24-60(46,14)58(42,12)28-30-62/h31-32,39-48H,1,3,15-30H2,2,4-14H3/t39-,40-,41+,42+,43-,44-,45+,46?,47+,48+,55-,56-,57+,58+,59+,60+,61-,62-/m0/s1. The molecule has 7 heteroatoms. The molecule has 0 N–H and O–H groups in total. The van der Waals surface area contributed by atoms with Gasteiger partial charge in [-0.1, -0.05) is 106 Å². The number of esters is 2. The van der Waals surface area contributed by atoms with Crippen LogP contribution in [0.5, 0.6) is 0 Å². The molecule has 10 aliphatic rings. The highest BCUT2D eigenvalue weighted by Gasteiger charge is 2.75. The molecule has 0 aliphatic heterocycles. The monoisotopic (exact) mass is 937 g/mol. The normalized spacial score (nSPS) is 50.8. The first-order valence-electron chi connectivity index (χ1n) is 27.5. The molecule has 0 amide bonds. The number of rotatable bonds is 4. The number of Topliss-reactive ketones (excluding diaryl/α,β-unsaturated/α-hetero) is 2. The number of carbonyl (C=O) groups is 4. The second-order valence-electron chi connectivity index (χ2n) is 28.5. The van der Waals surface area contributed by atoms with Gasteiger partial charge in [0.15, 0.2) is 11.6 Å². The largest absolute Gasteiger partial charge is 0.392 e. The molecule has 1 unspecified atom stereocenters. The quantitative estimate of drug-likeness (QED) is 0.156. The van der Waals surface area contributed by atoms with E-state index in [0.29, 0.717) is 48.7 Å². The number of hydrogen-bond donors (Lipinski definition) is 0. The van der Waals surface area contributed by atoms with Crippen LogP contribution in [-0.4, -0.2) is 23.5 Å². The molecule has 0 aromatic heterocycles. The molecule has 8 fully saturated rings. The number of carbonyl (C=O) groups excluding carboxylic acids is 4.